The van der Waals surface area contributed by atoms with Crippen molar-refractivity contribution in [2.75, 3.05) is 6.26 Å². The minimum absolute atomic E-state index is 0.305. The van der Waals surface area contributed by atoms with Crippen LogP contribution in [0.3, 0.4) is 0 Å². The van der Waals surface area contributed by atoms with E-state index >= 15 is 0 Å². The lowest BCUT2D eigenvalue weighted by Gasteiger charge is -2.43. The monoisotopic (exact) mass is 224 g/mol. The maximum atomic E-state index is 4.17. The summed E-state index contributed by atoms with van der Waals surface area (Å²) in [6, 6.07) is 0. The zero-order valence-electron chi connectivity index (χ0n) is 11.0. The summed E-state index contributed by atoms with van der Waals surface area (Å²) in [7, 11) is 0. The molecule has 0 heterocycles. The molecule has 0 aliphatic heterocycles. The van der Waals surface area contributed by atoms with Gasteiger partial charge >= 0.3 is 0 Å². The molecular formula is C14H24S. The molecule has 0 saturated heterocycles. The fourth-order valence-corrected chi connectivity index (χ4v) is 3.97. The van der Waals surface area contributed by atoms with Crippen molar-refractivity contribution >= 4 is 11.8 Å². The summed E-state index contributed by atoms with van der Waals surface area (Å²) in [4.78, 5) is 1.55. The van der Waals surface area contributed by atoms with E-state index in [-0.39, 0.29) is 0 Å². The average molecular weight is 224 g/mol. The average Bonchev–Trinajstić information content (AvgIpc) is 2.08. The van der Waals surface area contributed by atoms with Crippen LogP contribution in [0.25, 0.3) is 0 Å². The van der Waals surface area contributed by atoms with Gasteiger partial charge in [0.15, 0.2) is 0 Å². The highest BCUT2D eigenvalue weighted by molar-refractivity contribution is 8.02. The van der Waals surface area contributed by atoms with Crippen LogP contribution in [0.1, 0.15) is 47.5 Å². The fraction of sp³-hybridized carbons (Fsp3) is 0.714. The van der Waals surface area contributed by atoms with Crippen molar-refractivity contribution in [3.05, 3.63) is 22.6 Å². The van der Waals surface area contributed by atoms with Gasteiger partial charge in [-0.2, -0.15) is 0 Å². The smallest absolute Gasteiger partial charge is 0.00405 e. The van der Waals surface area contributed by atoms with Crippen molar-refractivity contribution < 1.29 is 0 Å². The third kappa shape index (κ3) is 2.33. The lowest BCUT2D eigenvalue weighted by Crippen LogP contribution is -2.30. The second kappa shape index (κ2) is 4.01. The van der Waals surface area contributed by atoms with Crippen LogP contribution in [-0.4, -0.2) is 6.26 Å². The first kappa shape index (κ1) is 12.9. The Morgan fingerprint density at radius 1 is 1.13 bits per heavy atom. The second-order valence-electron chi connectivity index (χ2n) is 5.96. The zero-order valence-corrected chi connectivity index (χ0v) is 11.8. The fourth-order valence-electron chi connectivity index (χ4n) is 2.66. The van der Waals surface area contributed by atoms with Crippen LogP contribution >= 0.6 is 11.8 Å². The number of rotatable bonds is 2. The quantitative estimate of drug-likeness (QED) is 0.634. The maximum absolute atomic E-state index is 4.17. The SMILES string of the molecule is C=C(C)C1=C(SC)C(C)(C)CCC1(C)C. The molecule has 0 bridgehead atoms. The van der Waals surface area contributed by atoms with Gasteiger partial charge in [0, 0.05) is 0 Å². The summed E-state index contributed by atoms with van der Waals surface area (Å²) in [5.74, 6) is 0. The van der Waals surface area contributed by atoms with E-state index in [1.165, 1.54) is 24.0 Å². The summed E-state index contributed by atoms with van der Waals surface area (Å²) >= 11 is 1.91. The van der Waals surface area contributed by atoms with E-state index in [1.807, 2.05) is 11.8 Å². The molecule has 15 heavy (non-hydrogen) atoms. The maximum Gasteiger partial charge on any atom is -0.00405 e. The zero-order chi connectivity index (χ0) is 11.9. The molecule has 0 unspecified atom stereocenters. The van der Waals surface area contributed by atoms with Crippen LogP contribution < -0.4 is 0 Å². The van der Waals surface area contributed by atoms with Gasteiger partial charge in [0.2, 0.25) is 0 Å². The van der Waals surface area contributed by atoms with Crippen LogP contribution in [-0.2, 0) is 0 Å². The van der Waals surface area contributed by atoms with Crippen LogP contribution in [0, 0.1) is 10.8 Å². The summed E-state index contributed by atoms with van der Waals surface area (Å²) in [5.41, 5.74) is 3.39. The molecule has 0 saturated carbocycles. The van der Waals surface area contributed by atoms with Crippen molar-refractivity contribution in [2.45, 2.75) is 47.5 Å². The van der Waals surface area contributed by atoms with Crippen LogP contribution in [0.2, 0.25) is 0 Å². The molecule has 86 valence electrons. The van der Waals surface area contributed by atoms with Gasteiger partial charge in [-0.3, -0.25) is 0 Å². The first-order valence-electron chi connectivity index (χ1n) is 5.67. The predicted molar refractivity (Wildman–Crippen MR) is 72.2 cm³/mol. The Hall–Kier alpha value is -0.170. The molecular weight excluding hydrogens is 200 g/mol. The van der Waals surface area contributed by atoms with Crippen molar-refractivity contribution in [2.24, 2.45) is 10.8 Å². The molecule has 0 radical (unpaired) electrons. The van der Waals surface area contributed by atoms with E-state index in [2.05, 4.69) is 47.5 Å². The molecule has 0 atom stereocenters. The Morgan fingerprint density at radius 3 is 1.93 bits per heavy atom. The predicted octanol–water partition coefficient (Wildman–Crippen LogP) is 5.03. The topological polar surface area (TPSA) is 0 Å². The molecule has 1 aliphatic carbocycles. The number of thioether (sulfide) groups is 1. The van der Waals surface area contributed by atoms with E-state index in [9.17, 15) is 0 Å². The van der Waals surface area contributed by atoms with Gasteiger partial charge in [-0.25, -0.2) is 0 Å². The molecule has 0 fully saturated rings. The van der Waals surface area contributed by atoms with E-state index in [4.69, 9.17) is 0 Å². The third-order valence-electron chi connectivity index (χ3n) is 3.52. The Bertz CT molecular complexity index is 305. The molecule has 0 aromatic rings. The summed E-state index contributed by atoms with van der Waals surface area (Å²) in [6.45, 7) is 15.7. The van der Waals surface area contributed by atoms with E-state index < -0.39 is 0 Å². The molecule has 0 amide bonds. The number of allylic oxidation sites excluding steroid dienone is 3. The third-order valence-corrected chi connectivity index (χ3v) is 4.69. The van der Waals surface area contributed by atoms with Gasteiger partial charge in [-0.05, 0) is 47.3 Å². The van der Waals surface area contributed by atoms with Crippen LogP contribution in [0.4, 0.5) is 0 Å². The van der Waals surface area contributed by atoms with Crippen molar-refractivity contribution in [1.29, 1.82) is 0 Å². The van der Waals surface area contributed by atoms with E-state index in [1.54, 1.807) is 4.91 Å². The van der Waals surface area contributed by atoms with Crippen molar-refractivity contribution in [3.63, 3.8) is 0 Å². The number of hydrogen-bond donors (Lipinski definition) is 0. The first-order valence-corrected chi connectivity index (χ1v) is 6.90. The minimum atomic E-state index is 0.305. The first-order chi connectivity index (χ1) is 6.72. The Kier molecular flexibility index (Phi) is 3.45. The van der Waals surface area contributed by atoms with E-state index in [0.717, 1.165) is 0 Å². The lowest BCUT2D eigenvalue weighted by atomic mass is 9.66. The van der Waals surface area contributed by atoms with Gasteiger partial charge < -0.3 is 0 Å². The molecule has 1 rings (SSSR count). The largest absolute Gasteiger partial charge is 0.133 e. The van der Waals surface area contributed by atoms with Crippen molar-refractivity contribution in [3.8, 4) is 0 Å². The van der Waals surface area contributed by atoms with Gasteiger partial charge in [0.1, 0.15) is 0 Å². The Morgan fingerprint density at radius 2 is 1.60 bits per heavy atom. The van der Waals surface area contributed by atoms with Crippen LogP contribution in [0.15, 0.2) is 22.6 Å². The highest BCUT2D eigenvalue weighted by Gasteiger charge is 2.38. The number of hydrogen-bond acceptors (Lipinski definition) is 1. The molecule has 0 nitrogen and oxygen atoms in total. The normalized spacial score (nSPS) is 24.1. The lowest BCUT2D eigenvalue weighted by molar-refractivity contribution is 0.278. The molecule has 0 aromatic heterocycles. The Labute approximate surface area is 99.2 Å². The highest BCUT2D eigenvalue weighted by atomic mass is 32.2. The van der Waals surface area contributed by atoms with Gasteiger partial charge in [-0.1, -0.05) is 39.8 Å². The summed E-state index contributed by atoms with van der Waals surface area (Å²) in [5, 5.41) is 0. The van der Waals surface area contributed by atoms with Crippen LogP contribution in [0.5, 0.6) is 0 Å². The summed E-state index contributed by atoms with van der Waals surface area (Å²) in [6.07, 6.45) is 4.75. The molecule has 1 aliphatic rings. The van der Waals surface area contributed by atoms with Crippen molar-refractivity contribution in [1.82, 2.24) is 0 Å². The molecule has 0 aromatic carbocycles. The van der Waals surface area contributed by atoms with Gasteiger partial charge in [0.25, 0.3) is 0 Å². The standard InChI is InChI=1S/C14H24S/c1-10(2)11-12(15-7)14(5,6)9-8-13(11,3)4/h1,8-9H2,2-7H3. The summed E-state index contributed by atoms with van der Waals surface area (Å²) < 4.78 is 0. The second-order valence-corrected chi connectivity index (χ2v) is 6.77. The minimum Gasteiger partial charge on any atom is -0.133 e. The van der Waals surface area contributed by atoms with Gasteiger partial charge in [-0.15, -0.1) is 11.8 Å². The molecule has 0 N–H and O–H groups in total. The molecule has 0 spiro atoms. The van der Waals surface area contributed by atoms with E-state index in [0.29, 0.717) is 10.8 Å². The van der Waals surface area contributed by atoms with Gasteiger partial charge in [0.05, 0.1) is 0 Å². The highest BCUT2D eigenvalue weighted by Crippen LogP contribution is 2.53. The Balaban J connectivity index is 3.37. The molecule has 1 heteroatoms.